The van der Waals surface area contributed by atoms with Crippen molar-refractivity contribution in [3.8, 4) is 0 Å². The van der Waals surface area contributed by atoms with E-state index in [2.05, 4.69) is 23.9 Å². The van der Waals surface area contributed by atoms with Crippen molar-refractivity contribution in [3.63, 3.8) is 0 Å². The summed E-state index contributed by atoms with van der Waals surface area (Å²) in [5, 5.41) is 3.10. The Balaban J connectivity index is 1.86. The smallest absolute Gasteiger partial charge is 0.371 e. The Bertz CT molecular complexity index is 203. The van der Waals surface area contributed by atoms with Gasteiger partial charge in [-0.3, -0.25) is 0 Å². The van der Waals surface area contributed by atoms with Crippen molar-refractivity contribution in [2.45, 2.75) is 26.4 Å². The van der Waals surface area contributed by atoms with E-state index < -0.39 is 12.8 Å². The molecule has 0 radical (unpaired) electrons. The molecule has 0 spiro atoms. The molecule has 5 heteroatoms. The van der Waals surface area contributed by atoms with Gasteiger partial charge < -0.3 is 10.1 Å². The fourth-order valence-electron chi connectivity index (χ4n) is 1.53. The Morgan fingerprint density at radius 3 is 2.47 bits per heavy atom. The van der Waals surface area contributed by atoms with Crippen molar-refractivity contribution in [1.29, 1.82) is 0 Å². The molecule has 1 N–H and O–H groups in total. The van der Waals surface area contributed by atoms with Gasteiger partial charge in [0.1, 0.15) is 6.61 Å². The van der Waals surface area contributed by atoms with Crippen molar-refractivity contribution in [2.24, 2.45) is 11.3 Å². The van der Waals surface area contributed by atoms with Crippen LogP contribution in [0.3, 0.4) is 0 Å². The summed E-state index contributed by atoms with van der Waals surface area (Å²) in [6.07, 6.45) is -3.01. The van der Waals surface area contributed by atoms with E-state index in [9.17, 15) is 13.2 Å². The first kappa shape index (κ1) is 12.8. The van der Waals surface area contributed by atoms with E-state index >= 15 is 0 Å². The second kappa shape index (κ2) is 4.70. The highest BCUT2D eigenvalue weighted by molar-refractivity contribution is 4.95. The largest absolute Gasteiger partial charge is 0.411 e. The third-order valence-electron chi connectivity index (χ3n) is 2.80. The van der Waals surface area contributed by atoms with Crippen LogP contribution in [0.1, 0.15) is 20.3 Å². The molecule has 1 rings (SSSR count). The van der Waals surface area contributed by atoms with Crippen molar-refractivity contribution in [2.75, 3.05) is 26.3 Å². The summed E-state index contributed by atoms with van der Waals surface area (Å²) in [6, 6.07) is 0. The fourth-order valence-corrected chi connectivity index (χ4v) is 1.53. The highest BCUT2D eigenvalue weighted by Crippen LogP contribution is 2.50. The lowest BCUT2D eigenvalue weighted by molar-refractivity contribution is -0.173. The summed E-state index contributed by atoms with van der Waals surface area (Å²) in [5.74, 6) is 0.667. The zero-order valence-corrected chi connectivity index (χ0v) is 9.16. The van der Waals surface area contributed by atoms with Gasteiger partial charge in [0.15, 0.2) is 0 Å². The lowest BCUT2D eigenvalue weighted by Crippen LogP contribution is -2.25. The number of hydrogen-bond acceptors (Lipinski definition) is 2. The molecule has 0 amide bonds. The van der Waals surface area contributed by atoms with Gasteiger partial charge in [-0.15, -0.1) is 0 Å². The highest BCUT2D eigenvalue weighted by atomic mass is 19.4. The van der Waals surface area contributed by atoms with Gasteiger partial charge >= 0.3 is 6.18 Å². The zero-order chi connectivity index (χ0) is 11.5. The Morgan fingerprint density at radius 2 is 2.00 bits per heavy atom. The molecule has 0 bridgehead atoms. The Kier molecular flexibility index (Phi) is 4.00. The van der Waals surface area contributed by atoms with Gasteiger partial charge in [0.2, 0.25) is 0 Å². The summed E-state index contributed by atoms with van der Waals surface area (Å²) in [4.78, 5) is 0. The van der Waals surface area contributed by atoms with Crippen LogP contribution in [-0.4, -0.2) is 32.5 Å². The normalized spacial score (nSPS) is 24.2. The summed E-state index contributed by atoms with van der Waals surface area (Å²) < 4.78 is 39.4. The van der Waals surface area contributed by atoms with Crippen LogP contribution >= 0.6 is 0 Å². The lowest BCUT2D eigenvalue weighted by atomic mass is 10.1. The highest BCUT2D eigenvalue weighted by Gasteiger charge is 2.44. The van der Waals surface area contributed by atoms with Crippen LogP contribution < -0.4 is 5.32 Å². The predicted octanol–water partition coefficient (Wildman–Crippen LogP) is 2.20. The Morgan fingerprint density at radius 1 is 1.40 bits per heavy atom. The molecule has 0 saturated heterocycles. The standard InChI is InChI=1S/C10H18F3NO/c1-9(2)5-8(9)6-14-3-4-15-7-10(11,12)13/h8,14H,3-7H2,1-2H3. The Hall–Kier alpha value is -0.290. The third kappa shape index (κ3) is 5.37. The maximum Gasteiger partial charge on any atom is 0.411 e. The monoisotopic (exact) mass is 225 g/mol. The molecule has 15 heavy (non-hydrogen) atoms. The zero-order valence-electron chi connectivity index (χ0n) is 9.16. The molecule has 0 aromatic carbocycles. The van der Waals surface area contributed by atoms with E-state index in [4.69, 9.17) is 0 Å². The van der Waals surface area contributed by atoms with Crippen molar-refractivity contribution in [1.82, 2.24) is 5.32 Å². The molecule has 0 aliphatic heterocycles. The number of alkyl halides is 3. The van der Waals surface area contributed by atoms with Gasteiger partial charge in [-0.2, -0.15) is 13.2 Å². The molecule has 1 fully saturated rings. The molecule has 0 aromatic heterocycles. The second-order valence-corrected chi connectivity index (χ2v) is 4.76. The summed E-state index contributed by atoms with van der Waals surface area (Å²) in [7, 11) is 0. The van der Waals surface area contributed by atoms with Crippen LogP contribution in [0.2, 0.25) is 0 Å². The summed E-state index contributed by atoms with van der Waals surface area (Å²) in [6.45, 7) is 4.72. The quantitative estimate of drug-likeness (QED) is 0.700. The summed E-state index contributed by atoms with van der Waals surface area (Å²) in [5.41, 5.74) is 0.416. The minimum Gasteiger partial charge on any atom is -0.371 e. The minimum absolute atomic E-state index is 0.118. The number of hydrogen-bond donors (Lipinski definition) is 1. The molecule has 1 saturated carbocycles. The first-order valence-electron chi connectivity index (χ1n) is 5.16. The number of nitrogens with one attached hydrogen (secondary N) is 1. The van der Waals surface area contributed by atoms with Crippen LogP contribution in [0.25, 0.3) is 0 Å². The van der Waals surface area contributed by atoms with Crippen LogP contribution in [-0.2, 0) is 4.74 Å². The van der Waals surface area contributed by atoms with Crippen LogP contribution in [0.5, 0.6) is 0 Å². The van der Waals surface area contributed by atoms with Crippen LogP contribution in [0.4, 0.5) is 13.2 Å². The van der Waals surface area contributed by atoms with Gasteiger partial charge in [0.25, 0.3) is 0 Å². The van der Waals surface area contributed by atoms with E-state index in [1.165, 1.54) is 6.42 Å². The lowest BCUT2D eigenvalue weighted by Gasteiger charge is -2.08. The molecule has 90 valence electrons. The molecular weight excluding hydrogens is 207 g/mol. The molecular formula is C10H18F3NO. The van der Waals surface area contributed by atoms with Crippen LogP contribution in [0.15, 0.2) is 0 Å². The van der Waals surface area contributed by atoms with E-state index in [0.29, 0.717) is 17.9 Å². The average Bonchev–Trinajstić information content (AvgIpc) is 2.64. The number of rotatable bonds is 6. The predicted molar refractivity (Wildman–Crippen MR) is 51.6 cm³/mol. The first-order chi connectivity index (χ1) is 6.81. The van der Waals surface area contributed by atoms with Gasteiger partial charge in [-0.05, 0) is 24.3 Å². The van der Waals surface area contributed by atoms with Crippen molar-refractivity contribution >= 4 is 0 Å². The Labute approximate surface area is 88.2 Å². The number of halogens is 3. The maximum absolute atomic E-state index is 11.7. The molecule has 2 nitrogen and oxygen atoms in total. The average molecular weight is 225 g/mol. The molecule has 1 aliphatic carbocycles. The topological polar surface area (TPSA) is 21.3 Å². The second-order valence-electron chi connectivity index (χ2n) is 4.76. The van der Waals surface area contributed by atoms with Crippen LogP contribution in [0, 0.1) is 11.3 Å². The van der Waals surface area contributed by atoms with E-state index in [1.54, 1.807) is 0 Å². The first-order valence-corrected chi connectivity index (χ1v) is 5.16. The molecule has 1 atom stereocenters. The fraction of sp³-hybridized carbons (Fsp3) is 1.00. The molecule has 0 aromatic rings. The van der Waals surface area contributed by atoms with Gasteiger partial charge in [0.05, 0.1) is 6.61 Å². The SMILES string of the molecule is CC1(C)CC1CNCCOCC(F)(F)F. The minimum atomic E-state index is -4.21. The number of ether oxygens (including phenoxy) is 1. The molecule has 1 unspecified atom stereocenters. The maximum atomic E-state index is 11.7. The molecule has 1 aliphatic rings. The van der Waals surface area contributed by atoms with E-state index in [-0.39, 0.29) is 6.61 Å². The van der Waals surface area contributed by atoms with Crippen molar-refractivity contribution in [3.05, 3.63) is 0 Å². The van der Waals surface area contributed by atoms with Gasteiger partial charge in [-0.25, -0.2) is 0 Å². The van der Waals surface area contributed by atoms with Crippen molar-refractivity contribution < 1.29 is 17.9 Å². The molecule has 0 heterocycles. The van der Waals surface area contributed by atoms with Gasteiger partial charge in [-0.1, -0.05) is 13.8 Å². The third-order valence-corrected chi connectivity index (χ3v) is 2.80. The van der Waals surface area contributed by atoms with E-state index in [0.717, 1.165) is 6.54 Å². The van der Waals surface area contributed by atoms with E-state index in [1.807, 2.05) is 0 Å². The summed E-state index contributed by atoms with van der Waals surface area (Å²) >= 11 is 0. The van der Waals surface area contributed by atoms with Gasteiger partial charge in [0, 0.05) is 6.54 Å².